The SMILES string of the molecule is CCCC(N)C(=O)NCc1ccc(C(=O)N(C)C)cc1. The van der Waals surface area contributed by atoms with Gasteiger partial charge >= 0.3 is 0 Å². The Kier molecular flexibility index (Phi) is 6.18. The van der Waals surface area contributed by atoms with Gasteiger partial charge in [-0.3, -0.25) is 9.59 Å². The molecule has 1 rings (SSSR count). The maximum absolute atomic E-state index is 11.7. The molecule has 0 fully saturated rings. The molecule has 3 N–H and O–H groups in total. The fourth-order valence-electron chi connectivity index (χ4n) is 1.79. The molecular formula is C15H23N3O2. The lowest BCUT2D eigenvalue weighted by Gasteiger charge is -2.12. The van der Waals surface area contributed by atoms with Crippen LogP contribution in [0.3, 0.4) is 0 Å². The number of benzene rings is 1. The van der Waals surface area contributed by atoms with Gasteiger partial charge in [0.25, 0.3) is 5.91 Å². The lowest BCUT2D eigenvalue weighted by Crippen LogP contribution is -2.40. The summed E-state index contributed by atoms with van der Waals surface area (Å²) in [6, 6.07) is 6.74. The van der Waals surface area contributed by atoms with Crippen molar-refractivity contribution in [3.63, 3.8) is 0 Å². The van der Waals surface area contributed by atoms with Crippen molar-refractivity contribution in [3.8, 4) is 0 Å². The minimum Gasteiger partial charge on any atom is -0.351 e. The zero-order chi connectivity index (χ0) is 15.1. The van der Waals surface area contributed by atoms with E-state index in [1.807, 2.05) is 19.1 Å². The molecule has 0 saturated carbocycles. The van der Waals surface area contributed by atoms with Crippen LogP contribution < -0.4 is 11.1 Å². The molecule has 5 nitrogen and oxygen atoms in total. The van der Waals surface area contributed by atoms with Crippen molar-refractivity contribution >= 4 is 11.8 Å². The van der Waals surface area contributed by atoms with E-state index in [9.17, 15) is 9.59 Å². The zero-order valence-electron chi connectivity index (χ0n) is 12.3. The second-order valence-corrected chi connectivity index (χ2v) is 5.01. The Bertz CT molecular complexity index is 455. The average Bonchev–Trinajstić information content (AvgIpc) is 2.44. The van der Waals surface area contributed by atoms with E-state index in [-0.39, 0.29) is 11.8 Å². The lowest BCUT2D eigenvalue weighted by molar-refractivity contribution is -0.122. The number of nitrogens with two attached hydrogens (primary N) is 1. The number of rotatable bonds is 6. The number of hydrogen-bond acceptors (Lipinski definition) is 3. The molecule has 2 amide bonds. The summed E-state index contributed by atoms with van der Waals surface area (Å²) in [5.74, 6) is -0.175. The number of hydrogen-bond donors (Lipinski definition) is 2. The van der Waals surface area contributed by atoms with Gasteiger partial charge in [-0.1, -0.05) is 25.5 Å². The Morgan fingerprint density at radius 2 is 1.85 bits per heavy atom. The third kappa shape index (κ3) is 4.66. The molecule has 20 heavy (non-hydrogen) atoms. The normalized spacial score (nSPS) is 11.8. The standard InChI is InChI=1S/C15H23N3O2/c1-4-5-13(16)14(19)17-10-11-6-8-12(9-7-11)15(20)18(2)3/h6-9,13H,4-5,10,16H2,1-3H3,(H,17,19). The number of carbonyl (C=O) groups is 2. The molecule has 0 radical (unpaired) electrons. The molecule has 0 bridgehead atoms. The van der Waals surface area contributed by atoms with E-state index in [2.05, 4.69) is 5.32 Å². The number of nitrogens with one attached hydrogen (secondary N) is 1. The summed E-state index contributed by atoms with van der Waals surface area (Å²) in [4.78, 5) is 24.9. The van der Waals surface area contributed by atoms with Crippen molar-refractivity contribution in [3.05, 3.63) is 35.4 Å². The van der Waals surface area contributed by atoms with Crippen LogP contribution >= 0.6 is 0 Å². The van der Waals surface area contributed by atoms with Gasteiger partial charge in [-0.05, 0) is 24.1 Å². The van der Waals surface area contributed by atoms with Crippen LogP contribution in [0, 0.1) is 0 Å². The van der Waals surface area contributed by atoms with Crippen LogP contribution in [0.4, 0.5) is 0 Å². The molecule has 0 aliphatic carbocycles. The highest BCUT2D eigenvalue weighted by molar-refractivity contribution is 5.93. The molecule has 110 valence electrons. The maximum atomic E-state index is 11.7. The fraction of sp³-hybridized carbons (Fsp3) is 0.467. The molecule has 0 heterocycles. The van der Waals surface area contributed by atoms with E-state index in [1.54, 1.807) is 26.2 Å². The zero-order valence-corrected chi connectivity index (χ0v) is 12.3. The Morgan fingerprint density at radius 1 is 1.25 bits per heavy atom. The van der Waals surface area contributed by atoms with Gasteiger partial charge in [0, 0.05) is 26.2 Å². The van der Waals surface area contributed by atoms with Crippen molar-refractivity contribution < 1.29 is 9.59 Å². The fourth-order valence-corrected chi connectivity index (χ4v) is 1.79. The third-order valence-corrected chi connectivity index (χ3v) is 3.01. The Hall–Kier alpha value is -1.88. The topological polar surface area (TPSA) is 75.4 Å². The first-order valence-electron chi connectivity index (χ1n) is 6.79. The van der Waals surface area contributed by atoms with Crippen LogP contribution in [-0.4, -0.2) is 36.9 Å². The summed E-state index contributed by atoms with van der Waals surface area (Å²) >= 11 is 0. The second kappa shape index (κ2) is 7.65. The van der Waals surface area contributed by atoms with Crippen LogP contribution in [0.25, 0.3) is 0 Å². The maximum Gasteiger partial charge on any atom is 0.253 e. The first-order chi connectivity index (χ1) is 9.45. The largest absolute Gasteiger partial charge is 0.351 e. The predicted molar refractivity (Wildman–Crippen MR) is 79.2 cm³/mol. The monoisotopic (exact) mass is 277 g/mol. The minimum absolute atomic E-state index is 0.0365. The van der Waals surface area contributed by atoms with E-state index < -0.39 is 6.04 Å². The van der Waals surface area contributed by atoms with Crippen LogP contribution in [0.2, 0.25) is 0 Å². The van der Waals surface area contributed by atoms with Crippen molar-refractivity contribution in [2.24, 2.45) is 5.73 Å². The molecule has 1 unspecified atom stereocenters. The van der Waals surface area contributed by atoms with Crippen molar-refractivity contribution in [1.82, 2.24) is 10.2 Å². The van der Waals surface area contributed by atoms with E-state index in [1.165, 1.54) is 4.90 Å². The predicted octanol–water partition coefficient (Wildman–Crippen LogP) is 1.13. The Labute approximate surface area is 120 Å². The van der Waals surface area contributed by atoms with Crippen LogP contribution in [0.1, 0.15) is 35.7 Å². The lowest BCUT2D eigenvalue weighted by atomic mass is 10.1. The number of amides is 2. The quantitative estimate of drug-likeness (QED) is 0.818. The summed E-state index contributed by atoms with van der Waals surface area (Å²) in [6.45, 7) is 2.42. The van der Waals surface area contributed by atoms with E-state index in [0.29, 0.717) is 18.5 Å². The van der Waals surface area contributed by atoms with Gasteiger partial charge in [0.1, 0.15) is 0 Å². The summed E-state index contributed by atoms with van der Waals surface area (Å²) in [5, 5.41) is 2.80. The third-order valence-electron chi connectivity index (χ3n) is 3.01. The van der Waals surface area contributed by atoms with Crippen LogP contribution in [-0.2, 0) is 11.3 Å². The van der Waals surface area contributed by atoms with Gasteiger partial charge in [-0.15, -0.1) is 0 Å². The molecule has 0 spiro atoms. The molecule has 0 saturated heterocycles. The van der Waals surface area contributed by atoms with Crippen LogP contribution in [0.5, 0.6) is 0 Å². The van der Waals surface area contributed by atoms with Gasteiger partial charge in [-0.25, -0.2) is 0 Å². The molecular weight excluding hydrogens is 254 g/mol. The summed E-state index contributed by atoms with van der Waals surface area (Å²) < 4.78 is 0. The van der Waals surface area contributed by atoms with Crippen molar-refractivity contribution in [2.75, 3.05) is 14.1 Å². The molecule has 5 heteroatoms. The van der Waals surface area contributed by atoms with Gasteiger partial charge in [0.15, 0.2) is 0 Å². The van der Waals surface area contributed by atoms with Gasteiger partial charge in [-0.2, -0.15) is 0 Å². The molecule has 1 aromatic carbocycles. The van der Waals surface area contributed by atoms with Crippen LogP contribution in [0.15, 0.2) is 24.3 Å². The van der Waals surface area contributed by atoms with E-state index in [4.69, 9.17) is 5.73 Å². The molecule has 0 aromatic heterocycles. The van der Waals surface area contributed by atoms with Crippen molar-refractivity contribution in [1.29, 1.82) is 0 Å². The molecule has 0 aliphatic heterocycles. The number of carbonyl (C=O) groups excluding carboxylic acids is 2. The molecule has 0 aliphatic rings. The van der Waals surface area contributed by atoms with E-state index in [0.717, 1.165) is 12.0 Å². The first-order valence-corrected chi connectivity index (χ1v) is 6.79. The molecule has 1 aromatic rings. The smallest absolute Gasteiger partial charge is 0.253 e. The second-order valence-electron chi connectivity index (χ2n) is 5.01. The van der Waals surface area contributed by atoms with Gasteiger partial charge < -0.3 is 16.0 Å². The Morgan fingerprint density at radius 3 is 2.35 bits per heavy atom. The van der Waals surface area contributed by atoms with Gasteiger partial charge in [0.2, 0.25) is 5.91 Å². The highest BCUT2D eigenvalue weighted by atomic mass is 16.2. The summed E-state index contributed by atoms with van der Waals surface area (Å²) in [5.41, 5.74) is 7.30. The highest BCUT2D eigenvalue weighted by Crippen LogP contribution is 2.06. The average molecular weight is 277 g/mol. The summed E-state index contributed by atoms with van der Waals surface area (Å²) in [6.07, 6.45) is 1.57. The van der Waals surface area contributed by atoms with E-state index >= 15 is 0 Å². The summed E-state index contributed by atoms with van der Waals surface area (Å²) in [7, 11) is 3.43. The number of nitrogens with zero attached hydrogens (tertiary/aromatic N) is 1. The molecule has 1 atom stereocenters. The van der Waals surface area contributed by atoms with Gasteiger partial charge in [0.05, 0.1) is 6.04 Å². The Balaban J connectivity index is 2.54. The minimum atomic E-state index is -0.449. The van der Waals surface area contributed by atoms with Crippen molar-refractivity contribution in [2.45, 2.75) is 32.4 Å². The highest BCUT2D eigenvalue weighted by Gasteiger charge is 2.12. The first kappa shape index (κ1) is 16.2.